The lowest BCUT2D eigenvalue weighted by atomic mass is 9.64. The van der Waals surface area contributed by atoms with Crippen LogP contribution in [0.15, 0.2) is 29.1 Å². The summed E-state index contributed by atoms with van der Waals surface area (Å²) in [6.45, 7) is 0. The normalized spacial score (nSPS) is 39.6. The molecule has 3 heterocycles. The van der Waals surface area contributed by atoms with Crippen LogP contribution in [0.3, 0.4) is 0 Å². The molecule has 0 amide bonds. The summed E-state index contributed by atoms with van der Waals surface area (Å²) in [6.07, 6.45) is 12.4. The largest absolute Gasteiger partial charge is 0.380 e. The van der Waals surface area contributed by atoms with Gasteiger partial charge in [0, 0.05) is 24.2 Å². The van der Waals surface area contributed by atoms with Crippen LogP contribution in [0.1, 0.15) is 70.3 Å². The smallest absolute Gasteiger partial charge is 0.320 e. The van der Waals surface area contributed by atoms with Crippen molar-refractivity contribution in [3.63, 3.8) is 0 Å². The van der Waals surface area contributed by atoms with E-state index in [2.05, 4.69) is 9.88 Å². The van der Waals surface area contributed by atoms with Crippen LogP contribution in [-0.2, 0) is 4.57 Å². The van der Waals surface area contributed by atoms with Gasteiger partial charge in [-0.05, 0) is 93.6 Å². The summed E-state index contributed by atoms with van der Waals surface area (Å²) < 4.78 is 13.8. The predicted octanol–water partition coefficient (Wildman–Crippen LogP) is 3.58. The van der Waals surface area contributed by atoms with E-state index >= 15 is 0 Å². The first-order chi connectivity index (χ1) is 16.4. The number of aromatic nitrogens is 2. The van der Waals surface area contributed by atoms with E-state index in [1.54, 1.807) is 16.7 Å². The Morgan fingerprint density at radius 3 is 2.35 bits per heavy atom. The fourth-order valence-electron chi connectivity index (χ4n) is 8.92. The highest BCUT2D eigenvalue weighted by molar-refractivity contribution is 7.59. The number of para-hydroxylation sites is 2. The Balaban J connectivity index is 1.24. The lowest BCUT2D eigenvalue weighted by Gasteiger charge is -2.54. The van der Waals surface area contributed by atoms with Gasteiger partial charge in [-0.15, -0.1) is 0 Å². The van der Waals surface area contributed by atoms with Crippen LogP contribution in [0.5, 0.6) is 0 Å². The molecule has 2 aliphatic heterocycles. The Kier molecular flexibility index (Phi) is 4.94. The molecule has 34 heavy (non-hydrogen) atoms. The molecule has 7 rings (SSSR count). The van der Waals surface area contributed by atoms with Crippen molar-refractivity contribution in [2.75, 3.05) is 0 Å². The first-order valence-corrected chi connectivity index (χ1v) is 14.8. The van der Waals surface area contributed by atoms with Gasteiger partial charge in [0.1, 0.15) is 0 Å². The van der Waals surface area contributed by atoms with E-state index in [0.29, 0.717) is 29.2 Å². The van der Waals surface area contributed by atoms with Crippen LogP contribution in [0.4, 0.5) is 0 Å². The molecule has 0 radical (unpaired) electrons. The van der Waals surface area contributed by atoms with Gasteiger partial charge in [0.15, 0.2) is 0 Å². The standard InChI is InChI=1S/C26H34N3O4P/c30-26-25(34(31,32)33)27-23-6-1-2-7-24(23)29(26)21-13-18-4-3-5-19(14-21)28(18)20-9-15-8-16-11-17(12-20)22(16)10-15/h1-2,6-7,15-22H,3-5,8-14H2,(H2,31,32,33)/t15-,16?,17+,18-,19+,20-,21?,22-/m1/s1. The van der Waals surface area contributed by atoms with Crippen LogP contribution in [0.25, 0.3) is 11.0 Å². The predicted molar refractivity (Wildman–Crippen MR) is 130 cm³/mol. The van der Waals surface area contributed by atoms with E-state index < -0.39 is 18.6 Å². The Hall–Kier alpha value is -1.53. The van der Waals surface area contributed by atoms with Crippen molar-refractivity contribution in [1.82, 2.24) is 14.5 Å². The van der Waals surface area contributed by atoms with Gasteiger partial charge in [0.2, 0.25) is 5.44 Å². The lowest BCUT2D eigenvalue weighted by molar-refractivity contribution is -0.0437. The maximum absolute atomic E-state index is 13.4. The maximum atomic E-state index is 13.4. The maximum Gasteiger partial charge on any atom is 0.380 e. The molecular weight excluding hydrogens is 449 g/mol. The summed E-state index contributed by atoms with van der Waals surface area (Å²) in [4.78, 5) is 40.1. The van der Waals surface area contributed by atoms with Crippen LogP contribution >= 0.6 is 7.60 Å². The molecule has 7 nitrogen and oxygen atoms in total. The van der Waals surface area contributed by atoms with E-state index in [1.165, 1.54) is 38.5 Å². The zero-order valence-corrected chi connectivity index (χ0v) is 20.4. The van der Waals surface area contributed by atoms with E-state index in [9.17, 15) is 19.1 Å². The van der Waals surface area contributed by atoms with Gasteiger partial charge in [0.05, 0.1) is 11.0 Å². The summed E-state index contributed by atoms with van der Waals surface area (Å²) in [5, 5.41) is 0. The summed E-state index contributed by atoms with van der Waals surface area (Å²) in [5.41, 5.74) is -0.0604. The topological polar surface area (TPSA) is 95.7 Å². The molecule has 5 aliphatic rings. The summed E-state index contributed by atoms with van der Waals surface area (Å²) in [5.74, 6) is 3.86. The monoisotopic (exact) mass is 483 g/mol. The van der Waals surface area contributed by atoms with Crippen molar-refractivity contribution in [2.24, 2.45) is 23.7 Å². The molecule has 1 aromatic heterocycles. The second-order valence-electron chi connectivity index (χ2n) is 11.8. The van der Waals surface area contributed by atoms with Crippen LogP contribution < -0.4 is 11.0 Å². The van der Waals surface area contributed by atoms with Crippen LogP contribution in [0, 0.1) is 23.7 Å². The summed E-state index contributed by atoms with van der Waals surface area (Å²) in [6, 6.07) is 8.81. The molecule has 3 saturated carbocycles. The molecule has 182 valence electrons. The van der Waals surface area contributed by atoms with Crippen molar-refractivity contribution in [2.45, 2.75) is 88.4 Å². The molecule has 2 aromatic rings. The van der Waals surface area contributed by atoms with Gasteiger partial charge in [0.25, 0.3) is 5.56 Å². The van der Waals surface area contributed by atoms with Crippen molar-refractivity contribution in [3.8, 4) is 0 Å². The molecule has 4 bridgehead atoms. The fourth-order valence-corrected chi connectivity index (χ4v) is 9.51. The quantitative estimate of drug-likeness (QED) is 0.648. The molecule has 2 unspecified atom stereocenters. The average molecular weight is 484 g/mol. The minimum Gasteiger partial charge on any atom is -0.320 e. The number of rotatable bonds is 3. The van der Waals surface area contributed by atoms with Crippen molar-refractivity contribution in [3.05, 3.63) is 34.6 Å². The lowest BCUT2D eigenvalue weighted by Crippen LogP contribution is -2.58. The highest BCUT2D eigenvalue weighted by Gasteiger charge is 2.53. The first-order valence-electron chi connectivity index (χ1n) is 13.2. The van der Waals surface area contributed by atoms with Gasteiger partial charge in [-0.2, -0.15) is 0 Å². The SMILES string of the molecule is O=c1c(P(=O)(O)O)nc2ccccc2n1C1C[C@H]2CCC[C@@H](C1)N2[C@@H]1C[C@H]2CC3C[C@@H](C1)[C@@H]3C2. The van der Waals surface area contributed by atoms with Gasteiger partial charge in [-0.1, -0.05) is 18.6 Å². The first kappa shape index (κ1) is 21.7. The van der Waals surface area contributed by atoms with E-state index in [4.69, 9.17) is 0 Å². The number of benzene rings is 1. The summed E-state index contributed by atoms with van der Waals surface area (Å²) in [7, 11) is -4.76. The number of fused-ring (bicyclic) bond motifs is 4. The van der Waals surface area contributed by atoms with Crippen LogP contribution in [-0.4, -0.2) is 42.4 Å². The zero-order valence-electron chi connectivity index (χ0n) is 19.5. The van der Waals surface area contributed by atoms with Crippen molar-refractivity contribution < 1.29 is 14.4 Å². The highest BCUT2D eigenvalue weighted by Crippen LogP contribution is 2.59. The molecule has 1 aromatic carbocycles. The summed E-state index contributed by atoms with van der Waals surface area (Å²) >= 11 is 0. The molecule has 2 saturated heterocycles. The van der Waals surface area contributed by atoms with E-state index in [1.807, 2.05) is 12.1 Å². The second kappa shape index (κ2) is 7.73. The Morgan fingerprint density at radius 1 is 0.853 bits per heavy atom. The number of nitrogens with zero attached hydrogens (tertiary/aromatic N) is 3. The number of hydrogen-bond donors (Lipinski definition) is 2. The van der Waals surface area contributed by atoms with Crippen molar-refractivity contribution in [1.29, 1.82) is 0 Å². The van der Waals surface area contributed by atoms with Crippen molar-refractivity contribution >= 4 is 24.1 Å². The van der Waals surface area contributed by atoms with Gasteiger partial charge in [-0.3, -0.25) is 14.3 Å². The molecule has 5 fully saturated rings. The Labute approximate surface area is 199 Å². The van der Waals surface area contributed by atoms with Gasteiger partial charge >= 0.3 is 7.60 Å². The average Bonchev–Trinajstić information content (AvgIpc) is 3.00. The molecule has 2 N–H and O–H groups in total. The molecular formula is C26H34N3O4P. The Morgan fingerprint density at radius 2 is 1.59 bits per heavy atom. The molecule has 0 spiro atoms. The minimum atomic E-state index is -4.76. The third-order valence-corrected chi connectivity index (χ3v) is 10.9. The van der Waals surface area contributed by atoms with Crippen LogP contribution in [0.2, 0.25) is 0 Å². The van der Waals surface area contributed by atoms with Gasteiger partial charge < -0.3 is 14.4 Å². The molecule has 3 aliphatic carbocycles. The fraction of sp³-hybridized carbons (Fsp3) is 0.692. The zero-order chi connectivity index (χ0) is 23.2. The minimum absolute atomic E-state index is 0.0486. The molecule has 8 atom stereocenters. The second-order valence-corrected chi connectivity index (χ2v) is 13.3. The van der Waals surface area contributed by atoms with E-state index in [-0.39, 0.29) is 6.04 Å². The third-order valence-electron chi connectivity index (χ3n) is 10.1. The van der Waals surface area contributed by atoms with E-state index in [0.717, 1.165) is 49.4 Å². The number of hydrogen-bond acceptors (Lipinski definition) is 4. The molecule has 8 heteroatoms. The Bertz CT molecular complexity index is 1220. The van der Waals surface area contributed by atoms with Gasteiger partial charge in [-0.25, -0.2) is 4.98 Å². The third kappa shape index (κ3) is 3.31. The highest BCUT2D eigenvalue weighted by atomic mass is 31.2. The number of piperidine rings is 2.